The highest BCUT2D eigenvalue weighted by Gasteiger charge is 2.33. The molecule has 0 aromatic carbocycles. The van der Waals surface area contributed by atoms with Gasteiger partial charge in [0, 0.05) is 18.6 Å². The molecule has 2 N–H and O–H groups in total. The first kappa shape index (κ1) is 10.4. The third-order valence-corrected chi connectivity index (χ3v) is 4.01. The van der Waals surface area contributed by atoms with Gasteiger partial charge in [-0.3, -0.25) is 4.90 Å². The van der Waals surface area contributed by atoms with E-state index in [1.807, 2.05) is 0 Å². The summed E-state index contributed by atoms with van der Waals surface area (Å²) in [7, 11) is 0. The van der Waals surface area contributed by atoms with Crippen LogP contribution in [-0.2, 0) is 0 Å². The predicted molar refractivity (Wildman–Crippen MR) is 60.2 cm³/mol. The Balaban J connectivity index is 1.82. The lowest BCUT2D eigenvalue weighted by Gasteiger charge is -2.27. The van der Waals surface area contributed by atoms with Gasteiger partial charge in [0.25, 0.3) is 0 Å². The van der Waals surface area contributed by atoms with Crippen molar-refractivity contribution in [2.75, 3.05) is 13.1 Å². The maximum Gasteiger partial charge on any atom is 0.0247 e. The van der Waals surface area contributed by atoms with Crippen molar-refractivity contribution < 1.29 is 0 Å². The molecule has 3 atom stereocenters. The van der Waals surface area contributed by atoms with E-state index in [0.717, 1.165) is 12.0 Å². The van der Waals surface area contributed by atoms with E-state index in [1.165, 1.54) is 51.6 Å². The van der Waals surface area contributed by atoms with E-state index >= 15 is 0 Å². The molecule has 1 aliphatic heterocycles. The standard InChI is InChI=1S/C12H24N2/c1-2-4-10-7-8-14(9-10)12-6-3-5-11(12)13/h10-12H,2-9,13H2,1H3. The van der Waals surface area contributed by atoms with Crippen LogP contribution in [0, 0.1) is 5.92 Å². The zero-order chi connectivity index (χ0) is 9.97. The molecule has 3 unspecified atom stereocenters. The Morgan fingerprint density at radius 3 is 2.79 bits per heavy atom. The Morgan fingerprint density at radius 2 is 2.14 bits per heavy atom. The Morgan fingerprint density at radius 1 is 1.29 bits per heavy atom. The highest BCUT2D eigenvalue weighted by atomic mass is 15.2. The molecular weight excluding hydrogens is 172 g/mol. The van der Waals surface area contributed by atoms with Crippen LogP contribution in [0.3, 0.4) is 0 Å². The molecule has 0 bridgehead atoms. The van der Waals surface area contributed by atoms with E-state index in [-0.39, 0.29) is 0 Å². The maximum atomic E-state index is 6.14. The summed E-state index contributed by atoms with van der Waals surface area (Å²) in [6.45, 7) is 4.93. The van der Waals surface area contributed by atoms with Gasteiger partial charge in [0.05, 0.1) is 0 Å². The van der Waals surface area contributed by atoms with E-state index in [4.69, 9.17) is 5.73 Å². The largest absolute Gasteiger partial charge is 0.326 e. The molecule has 0 aromatic rings. The third-order valence-electron chi connectivity index (χ3n) is 4.01. The zero-order valence-corrected chi connectivity index (χ0v) is 9.41. The second-order valence-electron chi connectivity index (χ2n) is 5.10. The van der Waals surface area contributed by atoms with Gasteiger partial charge in [-0.05, 0) is 38.1 Å². The normalized spacial score (nSPS) is 39.4. The molecule has 1 saturated carbocycles. The van der Waals surface area contributed by atoms with E-state index in [1.54, 1.807) is 0 Å². The van der Waals surface area contributed by atoms with E-state index < -0.39 is 0 Å². The molecular formula is C12H24N2. The number of likely N-dealkylation sites (tertiary alicyclic amines) is 1. The van der Waals surface area contributed by atoms with Gasteiger partial charge in [-0.1, -0.05) is 19.8 Å². The zero-order valence-electron chi connectivity index (χ0n) is 9.41. The second kappa shape index (κ2) is 4.63. The van der Waals surface area contributed by atoms with Crippen LogP contribution < -0.4 is 5.73 Å². The van der Waals surface area contributed by atoms with Gasteiger partial charge in [-0.2, -0.15) is 0 Å². The summed E-state index contributed by atoms with van der Waals surface area (Å²) in [5.41, 5.74) is 6.14. The molecule has 82 valence electrons. The number of nitrogens with zero attached hydrogens (tertiary/aromatic N) is 1. The molecule has 2 fully saturated rings. The van der Waals surface area contributed by atoms with Crippen molar-refractivity contribution in [3.05, 3.63) is 0 Å². The minimum Gasteiger partial charge on any atom is -0.326 e. The lowest BCUT2D eigenvalue weighted by Crippen LogP contribution is -2.43. The topological polar surface area (TPSA) is 29.3 Å². The fourth-order valence-corrected chi connectivity index (χ4v) is 3.23. The molecule has 1 heterocycles. The summed E-state index contributed by atoms with van der Waals surface area (Å²) in [4.78, 5) is 2.66. The van der Waals surface area contributed by atoms with Gasteiger partial charge in [-0.15, -0.1) is 0 Å². The van der Waals surface area contributed by atoms with Gasteiger partial charge in [0.2, 0.25) is 0 Å². The van der Waals surface area contributed by atoms with Crippen LogP contribution in [0.5, 0.6) is 0 Å². The lowest BCUT2D eigenvalue weighted by molar-refractivity contribution is 0.219. The minimum atomic E-state index is 0.468. The molecule has 0 amide bonds. The number of hydrogen-bond acceptors (Lipinski definition) is 2. The van der Waals surface area contributed by atoms with Crippen molar-refractivity contribution in [1.29, 1.82) is 0 Å². The summed E-state index contributed by atoms with van der Waals surface area (Å²) in [6.07, 6.45) is 8.12. The number of rotatable bonds is 3. The molecule has 2 heteroatoms. The van der Waals surface area contributed by atoms with E-state index in [2.05, 4.69) is 11.8 Å². The summed E-state index contributed by atoms with van der Waals surface area (Å²) < 4.78 is 0. The average molecular weight is 196 g/mol. The SMILES string of the molecule is CCCC1CCN(C2CCCC2N)C1. The Hall–Kier alpha value is -0.0800. The quantitative estimate of drug-likeness (QED) is 0.748. The summed E-state index contributed by atoms with van der Waals surface area (Å²) in [5.74, 6) is 0.966. The minimum absolute atomic E-state index is 0.468. The smallest absolute Gasteiger partial charge is 0.0247 e. The fourth-order valence-electron chi connectivity index (χ4n) is 3.23. The first-order valence-electron chi connectivity index (χ1n) is 6.31. The molecule has 2 aliphatic rings. The predicted octanol–water partition coefficient (Wildman–Crippen LogP) is 1.99. The van der Waals surface area contributed by atoms with E-state index in [9.17, 15) is 0 Å². The number of nitrogens with two attached hydrogens (primary N) is 1. The molecule has 1 aliphatic carbocycles. The summed E-state index contributed by atoms with van der Waals surface area (Å²) in [5, 5.41) is 0. The van der Waals surface area contributed by atoms with Crippen molar-refractivity contribution in [2.45, 2.75) is 57.5 Å². The second-order valence-corrected chi connectivity index (χ2v) is 5.10. The number of hydrogen-bond donors (Lipinski definition) is 1. The molecule has 0 aromatic heterocycles. The van der Waals surface area contributed by atoms with Crippen molar-refractivity contribution in [2.24, 2.45) is 11.7 Å². The molecule has 14 heavy (non-hydrogen) atoms. The van der Waals surface area contributed by atoms with Gasteiger partial charge >= 0.3 is 0 Å². The van der Waals surface area contributed by atoms with Crippen molar-refractivity contribution >= 4 is 0 Å². The highest BCUT2D eigenvalue weighted by molar-refractivity contribution is 4.91. The lowest BCUT2D eigenvalue weighted by atomic mass is 10.0. The first-order chi connectivity index (χ1) is 6.81. The van der Waals surface area contributed by atoms with Crippen molar-refractivity contribution in [1.82, 2.24) is 4.90 Å². The molecule has 2 rings (SSSR count). The summed E-state index contributed by atoms with van der Waals surface area (Å²) in [6, 6.07) is 1.19. The van der Waals surface area contributed by atoms with Crippen LogP contribution in [0.4, 0.5) is 0 Å². The summed E-state index contributed by atoms with van der Waals surface area (Å²) >= 11 is 0. The maximum absolute atomic E-state index is 6.14. The van der Waals surface area contributed by atoms with Crippen LogP contribution in [0.1, 0.15) is 45.4 Å². The highest BCUT2D eigenvalue weighted by Crippen LogP contribution is 2.29. The monoisotopic (exact) mass is 196 g/mol. The van der Waals surface area contributed by atoms with E-state index in [0.29, 0.717) is 6.04 Å². The van der Waals surface area contributed by atoms with Crippen LogP contribution in [0.2, 0.25) is 0 Å². The molecule has 0 radical (unpaired) electrons. The van der Waals surface area contributed by atoms with Gasteiger partial charge in [-0.25, -0.2) is 0 Å². The Bertz CT molecular complexity index is 181. The molecule has 1 saturated heterocycles. The third kappa shape index (κ3) is 2.12. The van der Waals surface area contributed by atoms with Gasteiger partial charge < -0.3 is 5.73 Å². The fraction of sp³-hybridized carbons (Fsp3) is 1.00. The molecule has 2 nitrogen and oxygen atoms in total. The van der Waals surface area contributed by atoms with Crippen molar-refractivity contribution in [3.63, 3.8) is 0 Å². The van der Waals surface area contributed by atoms with Crippen LogP contribution in [-0.4, -0.2) is 30.1 Å². The van der Waals surface area contributed by atoms with Gasteiger partial charge in [0.15, 0.2) is 0 Å². The van der Waals surface area contributed by atoms with Crippen LogP contribution in [0.15, 0.2) is 0 Å². The Labute approximate surface area is 87.8 Å². The van der Waals surface area contributed by atoms with Gasteiger partial charge in [0.1, 0.15) is 0 Å². The average Bonchev–Trinajstić information content (AvgIpc) is 2.74. The first-order valence-corrected chi connectivity index (χ1v) is 6.31. The Kier molecular flexibility index (Phi) is 3.45. The molecule has 0 spiro atoms. The van der Waals surface area contributed by atoms with Crippen LogP contribution >= 0.6 is 0 Å². The van der Waals surface area contributed by atoms with Crippen LogP contribution in [0.25, 0.3) is 0 Å². The van der Waals surface area contributed by atoms with Crippen molar-refractivity contribution in [3.8, 4) is 0 Å².